The number of benzene rings is 4. The summed E-state index contributed by atoms with van der Waals surface area (Å²) >= 11 is 0. The number of hydrogen-bond acceptors (Lipinski definition) is 10. The van der Waals surface area contributed by atoms with Gasteiger partial charge in [-0.3, -0.25) is 9.80 Å². The summed E-state index contributed by atoms with van der Waals surface area (Å²) in [5, 5.41) is 11.5. The summed E-state index contributed by atoms with van der Waals surface area (Å²) in [5.41, 5.74) is 8.54. The quantitative estimate of drug-likeness (QED) is 0.194. The highest BCUT2D eigenvalue weighted by Gasteiger charge is 2.37. The van der Waals surface area contributed by atoms with Crippen LogP contribution >= 0.6 is 0 Å². The molecule has 4 aromatic carbocycles. The molecule has 2 heterocycles. The van der Waals surface area contributed by atoms with Crippen LogP contribution in [0.3, 0.4) is 0 Å². The van der Waals surface area contributed by atoms with Crippen molar-refractivity contribution in [1.82, 2.24) is 9.80 Å². The average Bonchev–Trinajstić information content (AvgIpc) is 3.14. The molecule has 0 spiro atoms. The van der Waals surface area contributed by atoms with Crippen molar-refractivity contribution in [3.63, 3.8) is 0 Å². The monoisotopic (exact) mass is 682 g/mol. The highest BCUT2D eigenvalue weighted by molar-refractivity contribution is 5.84. The molecule has 0 saturated heterocycles. The van der Waals surface area contributed by atoms with Gasteiger partial charge in [-0.1, -0.05) is 0 Å². The maximum atomic E-state index is 11.5. The van der Waals surface area contributed by atoms with Gasteiger partial charge in [0.15, 0.2) is 46.0 Å². The number of rotatable bonds is 10. The Morgan fingerprint density at radius 1 is 0.600 bits per heavy atom. The summed E-state index contributed by atoms with van der Waals surface area (Å²) in [7, 11) is 14.1. The minimum absolute atomic E-state index is 0.0370. The van der Waals surface area contributed by atoms with Crippen LogP contribution in [0.1, 0.15) is 45.5 Å². The highest BCUT2D eigenvalue weighted by atomic mass is 16.5. The fraction of sp³-hybridized carbons (Fsp3) is 0.400. The first-order valence-electron chi connectivity index (χ1n) is 16.9. The molecule has 10 nitrogen and oxygen atoms in total. The number of hydrogen-bond donors (Lipinski definition) is 1. The molecule has 0 unspecified atom stereocenters. The van der Waals surface area contributed by atoms with E-state index in [0.717, 1.165) is 65.9 Å². The minimum Gasteiger partial charge on any atom is -0.504 e. The van der Waals surface area contributed by atoms with E-state index in [1.807, 2.05) is 24.3 Å². The van der Waals surface area contributed by atoms with Crippen molar-refractivity contribution in [2.75, 3.05) is 69.8 Å². The second-order valence-corrected chi connectivity index (χ2v) is 13.3. The summed E-state index contributed by atoms with van der Waals surface area (Å²) in [5.74, 6) is 5.02. The second-order valence-electron chi connectivity index (χ2n) is 13.3. The van der Waals surface area contributed by atoms with Crippen LogP contribution in [-0.2, 0) is 25.7 Å². The summed E-state index contributed by atoms with van der Waals surface area (Å²) in [4.78, 5) is 4.72. The molecule has 1 aliphatic carbocycles. The Balaban J connectivity index is 1.33. The normalized spacial score (nSPS) is 18.0. The number of phenols is 1. The molecule has 0 bridgehead atoms. The van der Waals surface area contributed by atoms with Gasteiger partial charge in [-0.2, -0.15) is 0 Å². The van der Waals surface area contributed by atoms with Gasteiger partial charge in [-0.15, -0.1) is 0 Å². The zero-order chi connectivity index (χ0) is 35.3. The molecule has 0 radical (unpaired) electrons. The minimum atomic E-state index is 0.0370. The van der Waals surface area contributed by atoms with E-state index in [1.54, 1.807) is 42.7 Å². The third-order valence-corrected chi connectivity index (χ3v) is 10.8. The highest BCUT2D eigenvalue weighted by Crippen LogP contribution is 2.54. The predicted octanol–water partition coefficient (Wildman–Crippen LogP) is 6.76. The first kappa shape index (κ1) is 33.7. The van der Waals surface area contributed by atoms with Crippen LogP contribution in [0.15, 0.2) is 42.5 Å². The van der Waals surface area contributed by atoms with Gasteiger partial charge in [0.05, 0.1) is 42.7 Å². The van der Waals surface area contributed by atoms with Gasteiger partial charge in [0, 0.05) is 42.4 Å². The lowest BCUT2D eigenvalue weighted by atomic mass is 9.76. The maximum Gasteiger partial charge on any atom is 0.169 e. The zero-order valence-corrected chi connectivity index (χ0v) is 30.1. The number of methoxy groups -OCH3 is 6. The van der Waals surface area contributed by atoms with Crippen LogP contribution in [0.2, 0.25) is 0 Å². The van der Waals surface area contributed by atoms with E-state index in [9.17, 15) is 5.11 Å². The van der Waals surface area contributed by atoms with E-state index in [2.05, 4.69) is 42.1 Å². The molecule has 50 heavy (non-hydrogen) atoms. The number of nitrogens with zero attached hydrogens (tertiary/aromatic N) is 2. The summed E-state index contributed by atoms with van der Waals surface area (Å²) in [6.07, 6.45) is 3.21. The Morgan fingerprint density at radius 2 is 1.16 bits per heavy atom. The lowest BCUT2D eigenvalue weighted by Crippen LogP contribution is -2.35. The van der Waals surface area contributed by atoms with Gasteiger partial charge in [-0.25, -0.2) is 0 Å². The molecule has 10 heteroatoms. The number of ether oxygens (including phenoxy) is 7. The van der Waals surface area contributed by atoms with Crippen LogP contribution in [0.4, 0.5) is 0 Å². The van der Waals surface area contributed by atoms with Crippen molar-refractivity contribution < 1.29 is 38.3 Å². The van der Waals surface area contributed by atoms with Gasteiger partial charge in [-0.05, 0) is 110 Å². The summed E-state index contributed by atoms with van der Waals surface area (Å²) < 4.78 is 41.3. The van der Waals surface area contributed by atoms with E-state index >= 15 is 0 Å². The molecule has 0 amide bonds. The first-order chi connectivity index (χ1) is 24.2. The van der Waals surface area contributed by atoms with E-state index < -0.39 is 0 Å². The molecule has 3 aliphatic rings. The van der Waals surface area contributed by atoms with Crippen LogP contribution in [0.25, 0.3) is 11.1 Å². The molecule has 0 fully saturated rings. The van der Waals surface area contributed by atoms with Crippen LogP contribution in [0, 0.1) is 0 Å². The molecule has 2 atom stereocenters. The van der Waals surface area contributed by atoms with Crippen molar-refractivity contribution in [2.24, 2.45) is 0 Å². The van der Waals surface area contributed by atoms with Gasteiger partial charge >= 0.3 is 0 Å². The van der Waals surface area contributed by atoms with Crippen molar-refractivity contribution in [3.8, 4) is 62.9 Å². The van der Waals surface area contributed by atoms with E-state index in [4.69, 9.17) is 33.2 Å². The first-order valence-corrected chi connectivity index (χ1v) is 16.9. The Kier molecular flexibility index (Phi) is 9.09. The van der Waals surface area contributed by atoms with E-state index in [0.29, 0.717) is 46.7 Å². The average molecular weight is 683 g/mol. The Labute approximate surface area is 294 Å². The third-order valence-electron chi connectivity index (χ3n) is 10.8. The lowest BCUT2D eigenvalue weighted by Gasteiger charge is -2.40. The Bertz CT molecular complexity index is 1940. The lowest BCUT2D eigenvalue weighted by molar-refractivity contribution is 0.226. The zero-order valence-electron chi connectivity index (χ0n) is 30.1. The molecule has 0 aromatic heterocycles. The third kappa shape index (κ3) is 5.60. The molecule has 7 rings (SSSR count). The molecule has 1 N–H and O–H groups in total. The maximum absolute atomic E-state index is 11.5. The Hall–Kier alpha value is -4.80. The summed E-state index contributed by atoms with van der Waals surface area (Å²) in [6, 6.07) is 14.3. The predicted molar refractivity (Wildman–Crippen MR) is 191 cm³/mol. The number of fused-ring (bicyclic) bond motifs is 3. The molecule has 0 saturated carbocycles. The van der Waals surface area contributed by atoms with Crippen molar-refractivity contribution in [3.05, 3.63) is 75.8 Å². The van der Waals surface area contributed by atoms with Crippen molar-refractivity contribution in [1.29, 1.82) is 0 Å². The van der Waals surface area contributed by atoms with Gasteiger partial charge in [0.25, 0.3) is 0 Å². The van der Waals surface area contributed by atoms with Crippen molar-refractivity contribution >= 4 is 0 Å². The number of likely N-dealkylation sites (N-methyl/N-ethyl adjacent to an activating group) is 2. The van der Waals surface area contributed by atoms with E-state index in [1.165, 1.54) is 16.7 Å². The molecule has 2 aliphatic heterocycles. The van der Waals surface area contributed by atoms with Crippen molar-refractivity contribution in [2.45, 2.75) is 37.8 Å². The smallest absolute Gasteiger partial charge is 0.169 e. The van der Waals surface area contributed by atoms with Gasteiger partial charge < -0.3 is 38.3 Å². The Morgan fingerprint density at radius 3 is 1.86 bits per heavy atom. The van der Waals surface area contributed by atoms with Gasteiger partial charge in [0.2, 0.25) is 0 Å². The van der Waals surface area contributed by atoms with Crippen LogP contribution in [-0.4, -0.2) is 84.7 Å². The van der Waals surface area contributed by atoms with Crippen LogP contribution < -0.4 is 33.2 Å². The standard InChI is InChI=1S/C40H46N2O8/c1-41-11-9-22-15-31(44-3)33(46-5)19-26(22)28(41)14-25-18-32(45-4)35(48-7)21-30(25)50-36-17-24-13-29-38-23(10-12-42(29)2)16-37(49-8)40(43)39(38)27(24)20-34(36)47-6/h15-21,28-29,43H,9-14H2,1-8H3/t28-,29-/m0/s1. The second kappa shape index (κ2) is 13.5. The molecule has 264 valence electrons. The number of phenolic OH excluding ortho intramolecular Hbond substituents is 1. The van der Waals surface area contributed by atoms with Gasteiger partial charge in [0.1, 0.15) is 5.75 Å². The SMILES string of the molecule is COc1cc(C[C@H]2c3cc(OC)c(OC)cc3CCN2C)c(Oc2cc3c(cc2OC)-c2c(O)c(OC)cc4c2[C@H](C3)N(C)CC4)cc1OC. The molecule has 4 aromatic rings. The summed E-state index contributed by atoms with van der Waals surface area (Å²) in [6.45, 7) is 1.82. The molecular formula is C40H46N2O8. The largest absolute Gasteiger partial charge is 0.504 e. The number of aromatic hydroxyl groups is 1. The fourth-order valence-electron chi connectivity index (χ4n) is 8.02. The van der Waals surface area contributed by atoms with Crippen LogP contribution in [0.5, 0.6) is 51.7 Å². The fourth-order valence-corrected chi connectivity index (χ4v) is 8.02. The van der Waals surface area contributed by atoms with E-state index in [-0.39, 0.29) is 17.8 Å². The molecular weight excluding hydrogens is 636 g/mol. The topological polar surface area (TPSA) is 91.3 Å².